The molecule has 1 aliphatic heterocycles. The van der Waals surface area contributed by atoms with Gasteiger partial charge in [0.1, 0.15) is 5.75 Å². The van der Waals surface area contributed by atoms with E-state index in [-0.39, 0.29) is 12.1 Å². The average Bonchev–Trinajstić information content (AvgIpc) is 2.69. The Labute approximate surface area is 168 Å². The number of anilines is 2. The van der Waals surface area contributed by atoms with Gasteiger partial charge in [0.15, 0.2) is 0 Å². The number of nitrogens with zero attached hydrogens (tertiary/aromatic N) is 2. The van der Waals surface area contributed by atoms with E-state index in [4.69, 9.17) is 4.74 Å². The number of carbonyl (C=O) groups excluding carboxylic acids is 1. The van der Waals surface area contributed by atoms with Crippen LogP contribution in [0, 0.1) is 6.92 Å². The summed E-state index contributed by atoms with van der Waals surface area (Å²) in [6.45, 7) is 11.5. The molecule has 0 unspecified atom stereocenters. The Morgan fingerprint density at radius 1 is 1.07 bits per heavy atom. The second-order valence-corrected chi connectivity index (χ2v) is 7.53. The SMILES string of the molecule is CCc1cccc(C)c1N1CCN(C(=O)Nc2ccc(OC(C)C)cc2)CC1. The van der Waals surface area contributed by atoms with Gasteiger partial charge in [-0.05, 0) is 62.6 Å². The van der Waals surface area contributed by atoms with E-state index in [1.165, 1.54) is 16.8 Å². The molecule has 2 aromatic rings. The summed E-state index contributed by atoms with van der Waals surface area (Å²) in [4.78, 5) is 16.9. The molecule has 0 bridgehead atoms. The van der Waals surface area contributed by atoms with Crippen LogP contribution in [0.5, 0.6) is 5.75 Å². The van der Waals surface area contributed by atoms with Crippen LogP contribution in [0.3, 0.4) is 0 Å². The molecule has 2 aromatic carbocycles. The molecule has 2 amide bonds. The molecule has 150 valence electrons. The Balaban J connectivity index is 1.57. The number of benzene rings is 2. The van der Waals surface area contributed by atoms with E-state index in [9.17, 15) is 4.79 Å². The molecule has 0 radical (unpaired) electrons. The second-order valence-electron chi connectivity index (χ2n) is 7.53. The third kappa shape index (κ3) is 4.77. The van der Waals surface area contributed by atoms with Gasteiger partial charge in [-0.3, -0.25) is 0 Å². The van der Waals surface area contributed by atoms with Crippen molar-refractivity contribution < 1.29 is 9.53 Å². The molecule has 5 nitrogen and oxygen atoms in total. The molecule has 0 aromatic heterocycles. The molecule has 5 heteroatoms. The minimum Gasteiger partial charge on any atom is -0.491 e. The number of hydrogen-bond donors (Lipinski definition) is 1. The average molecular weight is 382 g/mol. The van der Waals surface area contributed by atoms with E-state index in [0.717, 1.165) is 44.0 Å². The number of nitrogens with one attached hydrogen (secondary N) is 1. The molecule has 0 spiro atoms. The highest BCUT2D eigenvalue weighted by Gasteiger charge is 2.23. The normalized spacial score (nSPS) is 14.3. The molecule has 0 atom stereocenters. The Morgan fingerprint density at radius 2 is 1.75 bits per heavy atom. The summed E-state index contributed by atoms with van der Waals surface area (Å²) in [5.74, 6) is 0.812. The molecule has 1 N–H and O–H groups in total. The molecule has 1 aliphatic rings. The number of hydrogen-bond acceptors (Lipinski definition) is 3. The second kappa shape index (κ2) is 9.00. The lowest BCUT2D eigenvalue weighted by Crippen LogP contribution is -2.50. The van der Waals surface area contributed by atoms with Crippen LogP contribution in [0.4, 0.5) is 16.2 Å². The van der Waals surface area contributed by atoms with Crippen molar-refractivity contribution in [3.8, 4) is 5.75 Å². The fourth-order valence-corrected chi connectivity index (χ4v) is 3.68. The molecule has 28 heavy (non-hydrogen) atoms. The van der Waals surface area contributed by atoms with Gasteiger partial charge in [0.05, 0.1) is 6.10 Å². The van der Waals surface area contributed by atoms with Crippen LogP contribution in [0.25, 0.3) is 0 Å². The zero-order valence-corrected chi connectivity index (χ0v) is 17.4. The maximum absolute atomic E-state index is 12.6. The summed E-state index contributed by atoms with van der Waals surface area (Å²) < 4.78 is 5.64. The van der Waals surface area contributed by atoms with Crippen LogP contribution in [-0.2, 0) is 6.42 Å². The van der Waals surface area contributed by atoms with Crippen molar-refractivity contribution in [2.24, 2.45) is 0 Å². The first-order valence-corrected chi connectivity index (χ1v) is 10.1. The number of carbonyl (C=O) groups is 1. The fourth-order valence-electron chi connectivity index (χ4n) is 3.68. The molecular formula is C23H31N3O2. The van der Waals surface area contributed by atoms with Gasteiger partial charge in [0.2, 0.25) is 0 Å². The maximum Gasteiger partial charge on any atom is 0.321 e. The number of para-hydroxylation sites is 1. The lowest BCUT2D eigenvalue weighted by molar-refractivity contribution is 0.208. The van der Waals surface area contributed by atoms with Crippen LogP contribution in [-0.4, -0.2) is 43.2 Å². The van der Waals surface area contributed by atoms with Crippen LogP contribution in [0.15, 0.2) is 42.5 Å². The molecule has 1 fully saturated rings. The van der Waals surface area contributed by atoms with E-state index >= 15 is 0 Å². The van der Waals surface area contributed by atoms with Crippen molar-refractivity contribution in [3.05, 3.63) is 53.6 Å². The van der Waals surface area contributed by atoms with Crippen LogP contribution in [0.2, 0.25) is 0 Å². The van der Waals surface area contributed by atoms with Crippen molar-refractivity contribution in [2.75, 3.05) is 36.4 Å². The Kier molecular flexibility index (Phi) is 6.45. The zero-order valence-electron chi connectivity index (χ0n) is 17.4. The van der Waals surface area contributed by atoms with Gasteiger partial charge < -0.3 is 19.9 Å². The summed E-state index contributed by atoms with van der Waals surface area (Å²) in [6, 6.07) is 14.0. The van der Waals surface area contributed by atoms with Crippen molar-refractivity contribution in [1.82, 2.24) is 4.90 Å². The summed E-state index contributed by atoms with van der Waals surface area (Å²) >= 11 is 0. The fraction of sp³-hybridized carbons (Fsp3) is 0.435. The number of urea groups is 1. The van der Waals surface area contributed by atoms with Gasteiger partial charge in [-0.25, -0.2) is 4.79 Å². The van der Waals surface area contributed by atoms with Gasteiger partial charge in [-0.2, -0.15) is 0 Å². The predicted molar refractivity (Wildman–Crippen MR) is 116 cm³/mol. The van der Waals surface area contributed by atoms with E-state index in [0.29, 0.717) is 0 Å². The largest absolute Gasteiger partial charge is 0.491 e. The first kappa shape index (κ1) is 20.1. The number of amides is 2. The highest BCUT2D eigenvalue weighted by molar-refractivity contribution is 5.89. The predicted octanol–water partition coefficient (Wildman–Crippen LogP) is 4.70. The van der Waals surface area contributed by atoms with Crippen LogP contribution in [0.1, 0.15) is 31.9 Å². The number of aryl methyl sites for hydroxylation is 2. The van der Waals surface area contributed by atoms with Crippen LogP contribution < -0.4 is 15.0 Å². The zero-order chi connectivity index (χ0) is 20.1. The van der Waals surface area contributed by atoms with Gasteiger partial charge in [0, 0.05) is 37.6 Å². The standard InChI is InChI=1S/C23H31N3O2/c1-5-19-8-6-7-18(4)22(19)25-13-15-26(16-14-25)23(27)24-20-9-11-21(12-10-20)28-17(2)3/h6-12,17H,5,13-16H2,1-4H3,(H,24,27). The van der Waals surface area contributed by atoms with E-state index in [1.54, 1.807) is 0 Å². The summed E-state index contributed by atoms with van der Waals surface area (Å²) in [5, 5.41) is 2.99. The Bertz CT molecular complexity index is 794. The lowest BCUT2D eigenvalue weighted by atomic mass is 10.0. The third-order valence-corrected chi connectivity index (χ3v) is 5.06. The molecule has 0 saturated carbocycles. The number of rotatable bonds is 5. The minimum atomic E-state index is -0.0438. The number of ether oxygens (including phenoxy) is 1. The van der Waals surface area contributed by atoms with Crippen molar-refractivity contribution in [1.29, 1.82) is 0 Å². The topological polar surface area (TPSA) is 44.8 Å². The van der Waals surface area contributed by atoms with Gasteiger partial charge in [0.25, 0.3) is 0 Å². The first-order chi connectivity index (χ1) is 13.5. The summed E-state index contributed by atoms with van der Waals surface area (Å²) in [7, 11) is 0. The van der Waals surface area contributed by atoms with E-state index in [2.05, 4.69) is 42.3 Å². The Morgan fingerprint density at radius 3 is 2.36 bits per heavy atom. The smallest absolute Gasteiger partial charge is 0.321 e. The first-order valence-electron chi connectivity index (χ1n) is 10.1. The van der Waals surface area contributed by atoms with E-state index in [1.807, 2.05) is 43.0 Å². The lowest BCUT2D eigenvalue weighted by Gasteiger charge is -2.37. The van der Waals surface area contributed by atoms with Crippen molar-refractivity contribution in [2.45, 2.75) is 40.2 Å². The monoisotopic (exact) mass is 381 g/mol. The molecule has 1 saturated heterocycles. The van der Waals surface area contributed by atoms with Gasteiger partial charge in [-0.15, -0.1) is 0 Å². The van der Waals surface area contributed by atoms with Crippen molar-refractivity contribution >= 4 is 17.4 Å². The quantitative estimate of drug-likeness (QED) is 0.817. The van der Waals surface area contributed by atoms with Crippen molar-refractivity contribution in [3.63, 3.8) is 0 Å². The van der Waals surface area contributed by atoms with Gasteiger partial charge >= 0.3 is 6.03 Å². The van der Waals surface area contributed by atoms with Crippen LogP contribution >= 0.6 is 0 Å². The maximum atomic E-state index is 12.6. The summed E-state index contributed by atoms with van der Waals surface area (Å²) in [5.41, 5.74) is 4.81. The summed E-state index contributed by atoms with van der Waals surface area (Å²) in [6.07, 6.45) is 1.16. The molecule has 1 heterocycles. The molecule has 0 aliphatic carbocycles. The molecule has 3 rings (SSSR count). The highest BCUT2D eigenvalue weighted by Crippen LogP contribution is 2.27. The minimum absolute atomic E-state index is 0.0438. The van der Waals surface area contributed by atoms with Gasteiger partial charge in [-0.1, -0.05) is 25.1 Å². The third-order valence-electron chi connectivity index (χ3n) is 5.06. The highest BCUT2D eigenvalue weighted by atomic mass is 16.5. The molecular weight excluding hydrogens is 350 g/mol. The Hall–Kier alpha value is -2.69. The van der Waals surface area contributed by atoms with E-state index < -0.39 is 0 Å². The number of piperazine rings is 1.